The lowest BCUT2D eigenvalue weighted by atomic mass is 9.79. The molecule has 0 bridgehead atoms. The van der Waals surface area contributed by atoms with E-state index in [-0.39, 0.29) is 5.54 Å². The fraction of sp³-hybridized carbons (Fsp3) is 0.500. The van der Waals surface area contributed by atoms with Crippen molar-refractivity contribution in [3.8, 4) is 11.1 Å². The van der Waals surface area contributed by atoms with Gasteiger partial charge in [0.15, 0.2) is 0 Å². The summed E-state index contributed by atoms with van der Waals surface area (Å²) in [4.78, 5) is 0. The maximum absolute atomic E-state index is 6.81. The summed E-state index contributed by atoms with van der Waals surface area (Å²) in [7, 11) is 0. The summed E-state index contributed by atoms with van der Waals surface area (Å²) >= 11 is 6.81. The molecule has 3 nitrogen and oxygen atoms in total. The zero-order valence-electron chi connectivity index (χ0n) is 14.1. The normalized spacial score (nSPS) is 19.7. The molecule has 2 aromatic rings. The molecule has 1 unspecified atom stereocenters. The molecule has 1 aliphatic heterocycles. The lowest BCUT2D eigenvalue weighted by molar-refractivity contribution is 0.393. The first-order valence-corrected chi connectivity index (χ1v) is 8.13. The second-order valence-electron chi connectivity index (χ2n) is 7.16. The Labute approximate surface area is 137 Å². The zero-order valence-corrected chi connectivity index (χ0v) is 14.9. The first-order chi connectivity index (χ1) is 10.2. The van der Waals surface area contributed by atoms with Crippen LogP contribution in [0, 0.1) is 20.8 Å². The summed E-state index contributed by atoms with van der Waals surface area (Å²) in [6, 6.07) is 2.15. The average molecular weight is 319 g/mol. The van der Waals surface area contributed by atoms with Gasteiger partial charge in [0.05, 0.1) is 10.7 Å². The highest BCUT2D eigenvalue weighted by Gasteiger charge is 2.33. The molecule has 0 saturated carbocycles. The van der Waals surface area contributed by atoms with E-state index in [1.54, 1.807) is 0 Å². The summed E-state index contributed by atoms with van der Waals surface area (Å²) in [5.74, 6) is 1.23. The van der Waals surface area contributed by atoms with Gasteiger partial charge in [-0.2, -0.15) is 0 Å². The summed E-state index contributed by atoms with van der Waals surface area (Å²) in [5.41, 5.74) is 6.64. The van der Waals surface area contributed by atoms with Crippen molar-refractivity contribution in [1.82, 2.24) is 5.16 Å². The fourth-order valence-corrected chi connectivity index (χ4v) is 4.18. The van der Waals surface area contributed by atoms with Crippen molar-refractivity contribution in [2.45, 2.75) is 59.4 Å². The van der Waals surface area contributed by atoms with E-state index in [1.807, 2.05) is 13.8 Å². The van der Waals surface area contributed by atoms with Crippen LogP contribution in [-0.2, 0) is 0 Å². The molecule has 22 heavy (non-hydrogen) atoms. The number of anilines is 1. The van der Waals surface area contributed by atoms with E-state index in [9.17, 15) is 0 Å². The Kier molecular flexibility index (Phi) is 3.52. The molecule has 118 valence electrons. The third-order valence-electron chi connectivity index (χ3n) is 4.57. The van der Waals surface area contributed by atoms with Gasteiger partial charge in [0.25, 0.3) is 0 Å². The van der Waals surface area contributed by atoms with Crippen LogP contribution < -0.4 is 5.32 Å². The molecule has 1 aliphatic rings. The Morgan fingerprint density at radius 1 is 1.32 bits per heavy atom. The number of hydrogen-bond donors (Lipinski definition) is 1. The van der Waals surface area contributed by atoms with Crippen molar-refractivity contribution >= 4 is 17.3 Å². The molecule has 0 fully saturated rings. The lowest BCUT2D eigenvalue weighted by Gasteiger charge is -2.39. The predicted octanol–water partition coefficient (Wildman–Crippen LogP) is 5.62. The number of halogens is 1. The van der Waals surface area contributed by atoms with Gasteiger partial charge in [-0.05, 0) is 64.2 Å². The van der Waals surface area contributed by atoms with E-state index < -0.39 is 0 Å². The van der Waals surface area contributed by atoms with E-state index >= 15 is 0 Å². The second kappa shape index (κ2) is 5.02. The van der Waals surface area contributed by atoms with Gasteiger partial charge in [0, 0.05) is 22.4 Å². The van der Waals surface area contributed by atoms with Crippen molar-refractivity contribution in [3.63, 3.8) is 0 Å². The van der Waals surface area contributed by atoms with E-state index in [1.165, 1.54) is 16.8 Å². The number of nitrogens with zero attached hydrogens (tertiary/aromatic N) is 1. The number of aryl methyl sites for hydroxylation is 3. The SMILES string of the molecule is Cc1cc(-c2c(C)noc2C)c(Cl)c2c1NC(C)(C)CC2C. The van der Waals surface area contributed by atoms with Crippen molar-refractivity contribution in [3.05, 3.63) is 33.7 Å². The number of hydrogen-bond acceptors (Lipinski definition) is 3. The van der Waals surface area contributed by atoms with Gasteiger partial charge in [0.1, 0.15) is 5.76 Å². The first kappa shape index (κ1) is 15.4. The van der Waals surface area contributed by atoms with Gasteiger partial charge in [-0.25, -0.2) is 0 Å². The van der Waals surface area contributed by atoms with Crippen LogP contribution in [0.15, 0.2) is 10.6 Å². The van der Waals surface area contributed by atoms with Crippen LogP contribution in [0.2, 0.25) is 5.02 Å². The van der Waals surface area contributed by atoms with Crippen LogP contribution in [-0.4, -0.2) is 10.7 Å². The zero-order chi connectivity index (χ0) is 16.2. The minimum absolute atomic E-state index is 0.0883. The van der Waals surface area contributed by atoms with Gasteiger partial charge in [-0.1, -0.05) is 23.7 Å². The summed E-state index contributed by atoms with van der Waals surface area (Å²) < 4.78 is 5.32. The molecule has 1 aromatic heterocycles. The van der Waals surface area contributed by atoms with Crippen LogP contribution in [0.25, 0.3) is 11.1 Å². The summed E-state index contributed by atoms with van der Waals surface area (Å²) in [6.45, 7) is 12.8. The maximum Gasteiger partial charge on any atom is 0.141 e. The molecule has 0 saturated heterocycles. The number of rotatable bonds is 1. The quantitative estimate of drug-likeness (QED) is 0.741. The molecule has 4 heteroatoms. The fourth-order valence-electron chi connectivity index (χ4n) is 3.75. The first-order valence-electron chi connectivity index (χ1n) is 7.75. The van der Waals surface area contributed by atoms with Crippen LogP contribution in [0.3, 0.4) is 0 Å². The van der Waals surface area contributed by atoms with Crippen molar-refractivity contribution in [1.29, 1.82) is 0 Å². The van der Waals surface area contributed by atoms with Crippen LogP contribution >= 0.6 is 11.6 Å². The van der Waals surface area contributed by atoms with Crippen LogP contribution in [0.1, 0.15) is 55.7 Å². The minimum Gasteiger partial charge on any atom is -0.380 e. The predicted molar refractivity (Wildman–Crippen MR) is 91.9 cm³/mol. The summed E-state index contributed by atoms with van der Waals surface area (Å²) in [5, 5.41) is 8.55. The third kappa shape index (κ3) is 2.32. The van der Waals surface area contributed by atoms with Crippen LogP contribution in [0.4, 0.5) is 5.69 Å². The molecule has 0 aliphatic carbocycles. The molecule has 3 rings (SSSR count). The third-order valence-corrected chi connectivity index (χ3v) is 4.98. The van der Waals surface area contributed by atoms with Crippen LogP contribution in [0.5, 0.6) is 0 Å². The Morgan fingerprint density at radius 2 is 2.00 bits per heavy atom. The molecule has 2 heterocycles. The molecule has 1 aromatic carbocycles. The number of aromatic nitrogens is 1. The smallest absolute Gasteiger partial charge is 0.141 e. The minimum atomic E-state index is 0.0883. The largest absolute Gasteiger partial charge is 0.380 e. The van der Waals surface area contributed by atoms with Crippen molar-refractivity contribution in [2.24, 2.45) is 0 Å². The highest BCUT2D eigenvalue weighted by Crippen LogP contribution is 2.48. The average Bonchev–Trinajstić information content (AvgIpc) is 2.72. The Morgan fingerprint density at radius 3 is 2.59 bits per heavy atom. The topological polar surface area (TPSA) is 38.1 Å². The molecule has 0 spiro atoms. The molecule has 1 N–H and O–H groups in total. The highest BCUT2D eigenvalue weighted by molar-refractivity contribution is 6.34. The highest BCUT2D eigenvalue weighted by atomic mass is 35.5. The molecular weight excluding hydrogens is 296 g/mol. The lowest BCUT2D eigenvalue weighted by Crippen LogP contribution is -2.37. The monoisotopic (exact) mass is 318 g/mol. The Balaban J connectivity index is 2.26. The molecular formula is C18H23ClN2O. The van der Waals surface area contributed by atoms with Crippen molar-refractivity contribution < 1.29 is 4.52 Å². The van der Waals surface area contributed by atoms with E-state index in [0.29, 0.717) is 5.92 Å². The molecule has 1 atom stereocenters. The van der Waals surface area contributed by atoms with Gasteiger partial charge in [-0.15, -0.1) is 0 Å². The Bertz CT molecular complexity index is 727. The maximum atomic E-state index is 6.81. The molecule has 0 radical (unpaired) electrons. The van der Waals surface area contributed by atoms with Gasteiger partial charge >= 0.3 is 0 Å². The summed E-state index contributed by atoms with van der Waals surface area (Å²) in [6.07, 6.45) is 1.06. The van der Waals surface area contributed by atoms with E-state index in [0.717, 1.165) is 34.0 Å². The Hall–Kier alpha value is -1.48. The number of benzene rings is 1. The molecule has 0 amide bonds. The standard InChI is InChI=1S/C18H23ClN2O/c1-9-7-13(15-11(3)21-22-12(15)4)16(19)14-10(2)8-18(5,6)20-17(9)14/h7,10,20H,8H2,1-6H3. The number of fused-ring (bicyclic) bond motifs is 1. The number of nitrogens with one attached hydrogen (secondary N) is 1. The van der Waals surface area contributed by atoms with Gasteiger partial charge in [0.2, 0.25) is 0 Å². The second-order valence-corrected chi connectivity index (χ2v) is 7.53. The van der Waals surface area contributed by atoms with E-state index in [4.69, 9.17) is 16.1 Å². The van der Waals surface area contributed by atoms with Gasteiger partial charge < -0.3 is 9.84 Å². The van der Waals surface area contributed by atoms with Gasteiger partial charge in [-0.3, -0.25) is 0 Å². The van der Waals surface area contributed by atoms with E-state index in [2.05, 4.69) is 44.2 Å². The van der Waals surface area contributed by atoms with Crippen molar-refractivity contribution in [2.75, 3.05) is 5.32 Å².